The van der Waals surface area contributed by atoms with Crippen molar-refractivity contribution in [1.29, 1.82) is 0 Å². The third-order valence-corrected chi connectivity index (χ3v) is 8.75. The number of hydrogen-bond acceptors (Lipinski definition) is 6. The Morgan fingerprint density at radius 3 is 2.09 bits per heavy atom. The molecule has 0 aliphatic heterocycles. The second-order valence-electron chi connectivity index (χ2n) is 11.3. The van der Waals surface area contributed by atoms with E-state index in [1.54, 1.807) is 42.6 Å². The van der Waals surface area contributed by atoms with E-state index in [1.165, 1.54) is 11.8 Å². The fourth-order valence-electron chi connectivity index (χ4n) is 5.40. The Labute approximate surface area is 274 Å². The van der Waals surface area contributed by atoms with Gasteiger partial charge in [0.2, 0.25) is 0 Å². The summed E-state index contributed by atoms with van der Waals surface area (Å²) in [5, 5.41) is 26.2. The molecule has 1 heterocycles. The Hall–Kier alpha value is -3.01. The predicted octanol–water partition coefficient (Wildman–Crippen LogP) is 6.24. The first-order valence-electron chi connectivity index (χ1n) is 14.6. The van der Waals surface area contributed by atoms with Crippen LogP contribution in [0.5, 0.6) is 0 Å². The van der Waals surface area contributed by atoms with E-state index in [9.17, 15) is 15.0 Å². The third-order valence-electron chi connectivity index (χ3n) is 7.56. The summed E-state index contributed by atoms with van der Waals surface area (Å²) in [6, 6.07) is 18.0. The Morgan fingerprint density at radius 1 is 0.932 bits per heavy atom. The Morgan fingerprint density at radius 2 is 1.52 bits per heavy atom. The molecule has 0 radical (unpaired) electrons. The Balaban J connectivity index is 0.000000223. The van der Waals surface area contributed by atoms with Crippen LogP contribution in [0.15, 0.2) is 71.9 Å². The van der Waals surface area contributed by atoms with Gasteiger partial charge in [0, 0.05) is 52.3 Å². The number of thioether (sulfide) groups is 1. The van der Waals surface area contributed by atoms with Crippen molar-refractivity contribution in [3.63, 3.8) is 0 Å². The van der Waals surface area contributed by atoms with Gasteiger partial charge < -0.3 is 21.3 Å². The van der Waals surface area contributed by atoms with Gasteiger partial charge in [-0.1, -0.05) is 59.0 Å². The molecular formula is C35H37Cl2N3O3S. The van der Waals surface area contributed by atoms with Crippen LogP contribution in [0.25, 0.3) is 0 Å². The largest absolute Gasteiger partial charge is 0.378 e. The molecule has 2 fully saturated rings. The summed E-state index contributed by atoms with van der Waals surface area (Å²) in [5.41, 5.74) is 5.96. The lowest BCUT2D eigenvalue weighted by molar-refractivity contribution is 0.0451. The summed E-state index contributed by atoms with van der Waals surface area (Å²) in [5.74, 6) is 11.7. The van der Waals surface area contributed by atoms with Gasteiger partial charge >= 0.3 is 0 Å². The highest BCUT2D eigenvalue weighted by Gasteiger charge is 2.34. The van der Waals surface area contributed by atoms with Crippen molar-refractivity contribution in [1.82, 2.24) is 10.3 Å². The molecule has 3 aromatic rings. The molecule has 1 aromatic heterocycles. The molecule has 6 nitrogen and oxygen atoms in total. The number of benzene rings is 2. The monoisotopic (exact) mass is 649 g/mol. The highest BCUT2D eigenvalue weighted by molar-refractivity contribution is 7.98. The van der Waals surface area contributed by atoms with Crippen molar-refractivity contribution in [2.24, 2.45) is 5.73 Å². The number of rotatable bonds is 3. The van der Waals surface area contributed by atoms with Gasteiger partial charge in [-0.15, -0.1) is 11.8 Å². The molecule has 44 heavy (non-hydrogen) atoms. The highest BCUT2D eigenvalue weighted by Crippen LogP contribution is 2.29. The number of carbonyl (C=O) groups is 1. The maximum absolute atomic E-state index is 12.6. The number of halogens is 2. The number of amides is 1. The van der Waals surface area contributed by atoms with Crippen LogP contribution in [0.1, 0.15) is 72.9 Å². The second kappa shape index (κ2) is 15.8. The molecule has 4 atom stereocenters. The molecular weight excluding hydrogens is 613 g/mol. The van der Waals surface area contributed by atoms with Crippen molar-refractivity contribution in [3.05, 3.63) is 93.6 Å². The van der Waals surface area contributed by atoms with Gasteiger partial charge in [0.15, 0.2) is 0 Å². The lowest BCUT2D eigenvalue weighted by Gasteiger charge is -2.33. The minimum Gasteiger partial charge on any atom is -0.378 e. The van der Waals surface area contributed by atoms with Gasteiger partial charge in [0.25, 0.3) is 5.91 Å². The summed E-state index contributed by atoms with van der Waals surface area (Å²) in [6.07, 6.45) is 9.35. The summed E-state index contributed by atoms with van der Waals surface area (Å²) in [6.45, 7) is 0. The number of aromatic nitrogens is 1. The highest BCUT2D eigenvalue weighted by atomic mass is 35.5. The van der Waals surface area contributed by atoms with Crippen LogP contribution in [0.3, 0.4) is 0 Å². The molecule has 2 saturated carbocycles. The molecule has 0 saturated heterocycles. The first kappa shape index (κ1) is 33.9. The first-order valence-corrected chi connectivity index (χ1v) is 16.6. The zero-order valence-electron chi connectivity index (χ0n) is 24.7. The number of aliphatic hydroxyl groups is 2. The summed E-state index contributed by atoms with van der Waals surface area (Å²) < 4.78 is 0. The number of carbonyl (C=O) groups excluding carboxylic acids is 1. The van der Waals surface area contributed by atoms with E-state index in [2.05, 4.69) is 34.0 Å². The van der Waals surface area contributed by atoms with Crippen molar-refractivity contribution in [2.45, 2.75) is 79.7 Å². The van der Waals surface area contributed by atoms with E-state index >= 15 is 0 Å². The standard InChI is InChI=1S/C21H21ClN2O2S.C14H16ClNO/c1-27-20-18(8-4-12-23-20)19(25)24-17-7-3-10-21(26,14-17)11-9-15-5-2-6-16(22)13-15;15-12-4-1-3-11(9-12)6-8-14(17)7-2-5-13(16)10-14/h2,4-6,8,12-13,17,26H,3,7,10,14H2,1H3,(H,24,25);1,3-4,9,13,17H,2,5,7,10,16H2/t17-,21+;13-,14+/m00/s1. The van der Waals surface area contributed by atoms with Gasteiger partial charge in [-0.05, 0) is 93.3 Å². The number of pyridine rings is 1. The van der Waals surface area contributed by atoms with Crippen molar-refractivity contribution < 1.29 is 15.0 Å². The van der Waals surface area contributed by atoms with Crippen LogP contribution in [0.4, 0.5) is 0 Å². The van der Waals surface area contributed by atoms with Crippen LogP contribution >= 0.6 is 35.0 Å². The molecule has 2 aliphatic rings. The number of hydrogen-bond donors (Lipinski definition) is 4. The lowest BCUT2D eigenvalue weighted by Crippen LogP contribution is -2.45. The molecule has 230 valence electrons. The fourth-order valence-corrected chi connectivity index (χ4v) is 6.32. The van der Waals surface area contributed by atoms with E-state index < -0.39 is 11.2 Å². The van der Waals surface area contributed by atoms with E-state index in [-0.39, 0.29) is 18.0 Å². The quantitative estimate of drug-likeness (QED) is 0.198. The average Bonchev–Trinajstić information content (AvgIpc) is 2.99. The fraction of sp³-hybridized carbons (Fsp3) is 0.371. The van der Waals surface area contributed by atoms with Crippen LogP contribution in [-0.4, -0.2) is 50.6 Å². The van der Waals surface area contributed by atoms with E-state index in [0.717, 1.165) is 36.8 Å². The molecule has 0 spiro atoms. The average molecular weight is 651 g/mol. The maximum atomic E-state index is 12.6. The number of nitrogens with zero attached hydrogens (tertiary/aromatic N) is 1. The molecule has 5 rings (SSSR count). The summed E-state index contributed by atoms with van der Waals surface area (Å²) >= 11 is 13.3. The van der Waals surface area contributed by atoms with Gasteiger partial charge in [-0.25, -0.2) is 4.98 Å². The van der Waals surface area contributed by atoms with Crippen molar-refractivity contribution in [2.75, 3.05) is 6.26 Å². The molecule has 2 aliphatic carbocycles. The number of nitrogens with one attached hydrogen (secondary N) is 1. The topological polar surface area (TPSA) is 108 Å². The van der Waals surface area contributed by atoms with E-state index in [4.69, 9.17) is 28.9 Å². The number of nitrogens with two attached hydrogens (primary N) is 1. The van der Waals surface area contributed by atoms with Crippen LogP contribution in [-0.2, 0) is 0 Å². The van der Waals surface area contributed by atoms with E-state index in [1.807, 2.05) is 30.5 Å². The van der Waals surface area contributed by atoms with Crippen molar-refractivity contribution >= 4 is 40.9 Å². The predicted molar refractivity (Wildman–Crippen MR) is 179 cm³/mol. The Bertz CT molecular complexity index is 1580. The second-order valence-corrected chi connectivity index (χ2v) is 12.9. The minimum absolute atomic E-state index is 0.0578. The zero-order chi connectivity index (χ0) is 31.6. The molecule has 5 N–H and O–H groups in total. The maximum Gasteiger partial charge on any atom is 0.254 e. The minimum atomic E-state index is -1.12. The normalized spacial score (nSPS) is 24.3. The zero-order valence-corrected chi connectivity index (χ0v) is 27.0. The molecule has 0 unspecified atom stereocenters. The van der Waals surface area contributed by atoms with Crippen LogP contribution in [0, 0.1) is 23.7 Å². The summed E-state index contributed by atoms with van der Waals surface area (Å²) in [7, 11) is 0. The van der Waals surface area contributed by atoms with Crippen molar-refractivity contribution in [3.8, 4) is 23.7 Å². The van der Waals surface area contributed by atoms with Gasteiger partial charge in [0.1, 0.15) is 16.2 Å². The smallest absolute Gasteiger partial charge is 0.254 e. The van der Waals surface area contributed by atoms with Gasteiger partial charge in [0.05, 0.1) is 5.56 Å². The molecule has 1 amide bonds. The molecule has 0 bridgehead atoms. The SMILES string of the molecule is CSc1ncccc1C(=O)N[C@H]1CCC[C@@](O)(C#Cc2cccc(Cl)c2)C1.N[C@H]1CCC[C@@](O)(C#Cc2cccc(Cl)c2)C1. The molecule has 2 aromatic carbocycles. The first-order chi connectivity index (χ1) is 21.1. The van der Waals surface area contributed by atoms with E-state index in [0.29, 0.717) is 46.3 Å². The lowest BCUT2D eigenvalue weighted by atomic mass is 9.82. The third kappa shape index (κ3) is 10.3. The Kier molecular flexibility index (Phi) is 12.2. The van der Waals surface area contributed by atoms with Gasteiger partial charge in [-0.2, -0.15) is 0 Å². The van der Waals surface area contributed by atoms with Crippen LogP contribution < -0.4 is 11.1 Å². The molecule has 9 heteroatoms. The van der Waals surface area contributed by atoms with Gasteiger partial charge in [-0.3, -0.25) is 4.79 Å². The summed E-state index contributed by atoms with van der Waals surface area (Å²) in [4.78, 5) is 16.9. The van der Waals surface area contributed by atoms with Crippen LogP contribution in [0.2, 0.25) is 10.0 Å².